The lowest BCUT2D eigenvalue weighted by molar-refractivity contribution is 0.151. The molecular formula is C15H22ClF2N. The number of hydrogen-bond acceptors (Lipinski definition) is 1. The zero-order valence-corrected chi connectivity index (χ0v) is 12.7. The number of nitrogens with zero attached hydrogens (tertiary/aromatic N) is 1. The number of rotatable bonds is 5. The molecule has 0 saturated carbocycles. The van der Waals surface area contributed by atoms with Gasteiger partial charge in [-0.05, 0) is 44.1 Å². The molecule has 1 atom stereocenters. The summed E-state index contributed by atoms with van der Waals surface area (Å²) in [5, 5.41) is 0. The van der Waals surface area contributed by atoms with Gasteiger partial charge in [0.25, 0.3) is 6.43 Å². The van der Waals surface area contributed by atoms with Gasteiger partial charge in [0, 0.05) is 12.1 Å². The van der Waals surface area contributed by atoms with E-state index < -0.39 is 6.43 Å². The van der Waals surface area contributed by atoms with Gasteiger partial charge in [-0.2, -0.15) is 0 Å². The first-order valence-corrected chi connectivity index (χ1v) is 6.15. The van der Waals surface area contributed by atoms with Crippen LogP contribution in [0.25, 0.3) is 5.57 Å². The van der Waals surface area contributed by atoms with Crippen LogP contribution in [0.15, 0.2) is 30.3 Å². The third kappa shape index (κ3) is 5.29. The van der Waals surface area contributed by atoms with Crippen LogP contribution in [0.2, 0.25) is 0 Å². The van der Waals surface area contributed by atoms with E-state index in [1.54, 1.807) is 12.1 Å². The molecule has 0 aliphatic heterocycles. The lowest BCUT2D eigenvalue weighted by Gasteiger charge is -2.20. The fraction of sp³-hybridized carbons (Fsp3) is 0.467. The number of halogens is 3. The van der Waals surface area contributed by atoms with Crippen LogP contribution in [0.4, 0.5) is 8.78 Å². The van der Waals surface area contributed by atoms with E-state index in [9.17, 15) is 8.78 Å². The van der Waals surface area contributed by atoms with Crippen LogP contribution in [-0.2, 0) is 0 Å². The Morgan fingerprint density at radius 3 is 2.42 bits per heavy atom. The van der Waals surface area contributed by atoms with Crippen molar-refractivity contribution in [3.63, 3.8) is 0 Å². The summed E-state index contributed by atoms with van der Waals surface area (Å²) in [6, 6.07) is 6.65. The van der Waals surface area contributed by atoms with Crippen LogP contribution in [0.3, 0.4) is 0 Å². The highest BCUT2D eigenvalue weighted by Crippen LogP contribution is 2.27. The summed E-state index contributed by atoms with van der Waals surface area (Å²) < 4.78 is 25.4. The van der Waals surface area contributed by atoms with E-state index in [1.807, 2.05) is 33.2 Å². The van der Waals surface area contributed by atoms with Gasteiger partial charge in [0.15, 0.2) is 0 Å². The van der Waals surface area contributed by atoms with Gasteiger partial charge in [0.05, 0.1) is 0 Å². The summed E-state index contributed by atoms with van der Waals surface area (Å²) in [5.41, 5.74) is 2.10. The Morgan fingerprint density at radius 2 is 1.95 bits per heavy atom. The average molecular weight is 290 g/mol. The van der Waals surface area contributed by atoms with Crippen molar-refractivity contribution in [3.8, 4) is 0 Å². The third-order valence-corrected chi connectivity index (χ3v) is 2.95. The molecule has 108 valence electrons. The number of allylic oxidation sites excluding steroid dienone is 1. The maximum absolute atomic E-state index is 12.7. The van der Waals surface area contributed by atoms with Gasteiger partial charge < -0.3 is 4.90 Å². The molecule has 1 rings (SSSR count). The molecule has 0 heterocycles. The highest BCUT2D eigenvalue weighted by atomic mass is 35.5. The van der Waals surface area contributed by atoms with Crippen molar-refractivity contribution in [1.82, 2.24) is 4.90 Å². The molecule has 0 spiro atoms. The summed E-state index contributed by atoms with van der Waals surface area (Å²) in [7, 11) is 4.03. The first-order valence-electron chi connectivity index (χ1n) is 6.15. The Hall–Kier alpha value is -0.930. The highest BCUT2D eigenvalue weighted by Gasteiger charge is 2.13. The molecule has 0 aromatic heterocycles. The second-order valence-corrected chi connectivity index (χ2v) is 4.83. The second-order valence-electron chi connectivity index (χ2n) is 4.83. The number of hydrogen-bond donors (Lipinski definition) is 0. The fourth-order valence-electron chi connectivity index (χ4n) is 2.24. The lowest BCUT2D eigenvalue weighted by atomic mass is 9.92. The van der Waals surface area contributed by atoms with E-state index in [-0.39, 0.29) is 18.0 Å². The average Bonchev–Trinajstić information content (AvgIpc) is 2.29. The quantitative estimate of drug-likeness (QED) is 0.763. The predicted octanol–water partition coefficient (Wildman–Crippen LogP) is 4.65. The molecule has 0 aliphatic rings. The Labute approximate surface area is 120 Å². The molecule has 1 aromatic carbocycles. The van der Waals surface area contributed by atoms with Crippen LogP contribution in [-0.4, -0.2) is 25.5 Å². The minimum atomic E-state index is -2.41. The minimum Gasteiger partial charge on any atom is -0.309 e. The smallest absolute Gasteiger partial charge is 0.263 e. The molecule has 0 radical (unpaired) electrons. The van der Waals surface area contributed by atoms with Crippen molar-refractivity contribution >= 4 is 18.0 Å². The van der Waals surface area contributed by atoms with Gasteiger partial charge in [-0.25, -0.2) is 8.78 Å². The summed E-state index contributed by atoms with van der Waals surface area (Å²) in [5.74, 6) is 0.318. The third-order valence-electron chi connectivity index (χ3n) is 2.95. The van der Waals surface area contributed by atoms with Gasteiger partial charge in [0.1, 0.15) is 0 Å². The van der Waals surface area contributed by atoms with Crippen molar-refractivity contribution < 1.29 is 8.78 Å². The standard InChI is InChI=1S/C15H21F2N.ClH/c1-5-14(11(2)10-18(3)4)12-7-6-8-13(9-12)15(16)17;/h5-9,11,15H,10H2,1-4H3;1H/b14-5-;. The van der Waals surface area contributed by atoms with E-state index in [4.69, 9.17) is 0 Å². The Kier molecular flexibility index (Phi) is 7.88. The second kappa shape index (κ2) is 8.28. The molecule has 0 saturated heterocycles. The number of benzene rings is 1. The molecule has 0 fully saturated rings. The lowest BCUT2D eigenvalue weighted by Crippen LogP contribution is -2.20. The van der Waals surface area contributed by atoms with Crippen molar-refractivity contribution in [2.75, 3.05) is 20.6 Å². The molecule has 1 nitrogen and oxygen atoms in total. The molecule has 0 aliphatic carbocycles. The van der Waals surface area contributed by atoms with Crippen molar-refractivity contribution in [2.45, 2.75) is 20.3 Å². The van der Waals surface area contributed by atoms with Crippen LogP contribution in [0.1, 0.15) is 31.4 Å². The van der Waals surface area contributed by atoms with E-state index in [2.05, 4.69) is 11.8 Å². The van der Waals surface area contributed by atoms with Gasteiger partial charge in [-0.15, -0.1) is 12.4 Å². The SMILES string of the molecule is C/C=C(\c1cccc(C(F)F)c1)C(C)CN(C)C.Cl. The van der Waals surface area contributed by atoms with E-state index >= 15 is 0 Å². The monoisotopic (exact) mass is 289 g/mol. The summed E-state index contributed by atoms with van der Waals surface area (Å²) in [6.07, 6.45) is -0.397. The first-order chi connectivity index (χ1) is 8.45. The van der Waals surface area contributed by atoms with Crippen LogP contribution in [0, 0.1) is 5.92 Å². The molecule has 1 aromatic rings. The molecule has 0 N–H and O–H groups in total. The van der Waals surface area contributed by atoms with Crippen LogP contribution in [0.5, 0.6) is 0 Å². The fourth-order valence-corrected chi connectivity index (χ4v) is 2.24. The van der Waals surface area contributed by atoms with Gasteiger partial charge in [-0.1, -0.05) is 31.2 Å². The van der Waals surface area contributed by atoms with Gasteiger partial charge in [-0.3, -0.25) is 0 Å². The maximum atomic E-state index is 12.7. The van der Waals surface area contributed by atoms with Crippen LogP contribution >= 0.6 is 12.4 Å². The molecule has 4 heteroatoms. The van der Waals surface area contributed by atoms with E-state index in [1.165, 1.54) is 6.07 Å². The predicted molar refractivity (Wildman–Crippen MR) is 80.0 cm³/mol. The minimum absolute atomic E-state index is 0. The number of alkyl halides is 2. The Morgan fingerprint density at radius 1 is 1.32 bits per heavy atom. The zero-order chi connectivity index (χ0) is 13.7. The molecule has 0 bridgehead atoms. The maximum Gasteiger partial charge on any atom is 0.263 e. The van der Waals surface area contributed by atoms with Crippen molar-refractivity contribution in [1.29, 1.82) is 0 Å². The molecule has 1 unspecified atom stereocenters. The van der Waals surface area contributed by atoms with Crippen LogP contribution < -0.4 is 0 Å². The summed E-state index contributed by atoms with van der Waals surface area (Å²) in [4.78, 5) is 2.10. The molecular weight excluding hydrogens is 268 g/mol. The normalized spacial score (nSPS) is 13.6. The Balaban J connectivity index is 0.00000324. The summed E-state index contributed by atoms with van der Waals surface area (Å²) >= 11 is 0. The van der Waals surface area contributed by atoms with E-state index in [0.717, 1.165) is 17.7 Å². The topological polar surface area (TPSA) is 3.24 Å². The molecule has 19 heavy (non-hydrogen) atoms. The van der Waals surface area contributed by atoms with Crippen molar-refractivity contribution in [2.24, 2.45) is 5.92 Å². The molecule has 0 amide bonds. The first kappa shape index (κ1) is 18.1. The Bertz CT molecular complexity index is 416. The van der Waals surface area contributed by atoms with Crippen molar-refractivity contribution in [3.05, 3.63) is 41.5 Å². The van der Waals surface area contributed by atoms with Gasteiger partial charge >= 0.3 is 0 Å². The largest absolute Gasteiger partial charge is 0.309 e. The highest BCUT2D eigenvalue weighted by molar-refractivity contribution is 5.85. The summed E-state index contributed by atoms with van der Waals surface area (Å²) in [6.45, 7) is 4.97. The van der Waals surface area contributed by atoms with E-state index in [0.29, 0.717) is 5.92 Å². The van der Waals surface area contributed by atoms with Gasteiger partial charge in [0.2, 0.25) is 0 Å². The zero-order valence-electron chi connectivity index (χ0n) is 11.9.